The lowest BCUT2D eigenvalue weighted by Crippen LogP contribution is -2.34. The molecule has 0 bridgehead atoms. The summed E-state index contributed by atoms with van der Waals surface area (Å²) in [4.78, 5) is 36.6. The Labute approximate surface area is 147 Å². The van der Waals surface area contributed by atoms with Crippen LogP contribution >= 0.6 is 0 Å². The summed E-state index contributed by atoms with van der Waals surface area (Å²) in [5.74, 6) is -1.02. The van der Waals surface area contributed by atoms with E-state index in [0.717, 1.165) is 0 Å². The maximum atomic E-state index is 12.2. The molecule has 1 heterocycles. The molecule has 2 aromatic carbocycles. The van der Waals surface area contributed by atoms with Gasteiger partial charge in [0.25, 0.3) is 5.69 Å². The Balaban J connectivity index is 1.85. The summed E-state index contributed by atoms with van der Waals surface area (Å²) in [5.41, 5.74) is -1.58. The highest BCUT2D eigenvalue weighted by Gasteiger charge is 2.36. The minimum absolute atomic E-state index is 0.0170. The highest BCUT2D eigenvalue weighted by atomic mass is 17.2. The molecule has 3 aromatic rings. The molecule has 0 saturated heterocycles. The van der Waals surface area contributed by atoms with Gasteiger partial charge in [0.1, 0.15) is 5.52 Å². The number of rotatable bonds is 5. The smallest absolute Gasteiger partial charge is 0.374 e. The van der Waals surface area contributed by atoms with Crippen LogP contribution in [0.3, 0.4) is 0 Å². The average Bonchev–Trinajstić information content (AvgIpc) is 2.66. The number of carbonyl (C=O) groups is 1. The average molecular weight is 354 g/mol. The number of nitro groups is 1. The van der Waals surface area contributed by atoms with Crippen molar-refractivity contribution in [1.82, 2.24) is 4.98 Å². The molecule has 0 amide bonds. The van der Waals surface area contributed by atoms with Crippen LogP contribution in [0.5, 0.6) is 5.75 Å². The standard InChI is InChI=1S/C18H14N2O6/c1-18(22,12-6-3-2-4-7-12)17(21)26-25-15-10-9-14(20(23)24)13-8-5-11-19-16(13)15/h2-11,22H,1H3. The first-order valence-corrected chi connectivity index (χ1v) is 7.60. The van der Waals surface area contributed by atoms with Gasteiger partial charge in [-0.2, -0.15) is 0 Å². The summed E-state index contributed by atoms with van der Waals surface area (Å²) in [6.07, 6.45) is 1.43. The van der Waals surface area contributed by atoms with E-state index in [0.29, 0.717) is 5.56 Å². The molecule has 26 heavy (non-hydrogen) atoms. The van der Waals surface area contributed by atoms with Gasteiger partial charge in [0.15, 0.2) is 5.60 Å². The fourth-order valence-corrected chi connectivity index (χ4v) is 2.40. The van der Waals surface area contributed by atoms with Crippen molar-refractivity contribution in [2.75, 3.05) is 0 Å². The first-order chi connectivity index (χ1) is 12.4. The van der Waals surface area contributed by atoms with Crippen LogP contribution in [-0.4, -0.2) is 21.0 Å². The topological polar surface area (TPSA) is 112 Å². The molecule has 0 saturated carbocycles. The van der Waals surface area contributed by atoms with Gasteiger partial charge in [-0.15, -0.1) is 0 Å². The van der Waals surface area contributed by atoms with Gasteiger partial charge in [-0.1, -0.05) is 30.3 Å². The maximum Gasteiger partial charge on any atom is 0.390 e. The van der Waals surface area contributed by atoms with Gasteiger partial charge in [-0.05, 0) is 30.7 Å². The molecule has 0 spiro atoms. The first kappa shape index (κ1) is 17.3. The van der Waals surface area contributed by atoms with Gasteiger partial charge in [0, 0.05) is 12.3 Å². The quantitative estimate of drug-likeness (QED) is 0.426. The van der Waals surface area contributed by atoms with E-state index in [4.69, 9.17) is 9.78 Å². The van der Waals surface area contributed by atoms with Crippen molar-refractivity contribution in [1.29, 1.82) is 0 Å². The second-order valence-corrected chi connectivity index (χ2v) is 5.63. The molecule has 0 fully saturated rings. The van der Waals surface area contributed by atoms with Gasteiger partial charge in [0.05, 0.1) is 10.3 Å². The predicted molar refractivity (Wildman–Crippen MR) is 91.1 cm³/mol. The highest BCUT2D eigenvalue weighted by Crippen LogP contribution is 2.32. The molecule has 0 radical (unpaired) electrons. The first-order valence-electron chi connectivity index (χ1n) is 7.60. The zero-order valence-corrected chi connectivity index (χ0v) is 13.7. The zero-order chi connectivity index (χ0) is 18.7. The summed E-state index contributed by atoms with van der Waals surface area (Å²) in [5, 5.41) is 21.7. The number of nitrogens with zero attached hydrogens (tertiary/aromatic N) is 2. The van der Waals surface area contributed by atoms with Gasteiger partial charge in [-0.3, -0.25) is 20.0 Å². The number of pyridine rings is 1. The van der Waals surface area contributed by atoms with E-state index in [2.05, 4.69) is 4.98 Å². The normalized spacial score (nSPS) is 13.0. The lowest BCUT2D eigenvalue weighted by molar-refractivity contribution is -0.383. The zero-order valence-electron chi connectivity index (χ0n) is 13.7. The molecule has 132 valence electrons. The molecule has 0 aliphatic carbocycles. The number of hydrogen-bond donors (Lipinski definition) is 1. The number of nitro benzene ring substituents is 1. The number of non-ortho nitro benzene ring substituents is 1. The van der Waals surface area contributed by atoms with E-state index >= 15 is 0 Å². The Morgan fingerprint density at radius 2 is 1.88 bits per heavy atom. The van der Waals surface area contributed by atoms with Crippen LogP contribution in [-0.2, 0) is 15.3 Å². The summed E-state index contributed by atoms with van der Waals surface area (Å²) in [6, 6.07) is 13.8. The van der Waals surface area contributed by atoms with Crippen LogP contribution in [0.2, 0.25) is 0 Å². The molecule has 8 heteroatoms. The van der Waals surface area contributed by atoms with Crippen molar-refractivity contribution in [3.63, 3.8) is 0 Å². The van der Waals surface area contributed by atoms with Gasteiger partial charge in [-0.25, -0.2) is 9.68 Å². The second kappa shape index (κ2) is 6.77. The summed E-state index contributed by atoms with van der Waals surface area (Å²) in [6.45, 7) is 1.28. The predicted octanol–water partition coefficient (Wildman–Crippen LogP) is 2.89. The Kier molecular flexibility index (Phi) is 4.51. The third-order valence-electron chi connectivity index (χ3n) is 3.85. The number of hydrogen-bond acceptors (Lipinski definition) is 7. The molecule has 3 rings (SSSR count). The molecular formula is C18H14N2O6. The van der Waals surface area contributed by atoms with Crippen LogP contribution in [0.1, 0.15) is 12.5 Å². The minimum atomic E-state index is -1.93. The molecular weight excluding hydrogens is 340 g/mol. The van der Waals surface area contributed by atoms with Crippen molar-refractivity contribution < 1.29 is 24.6 Å². The Hall–Kier alpha value is -3.52. The second-order valence-electron chi connectivity index (χ2n) is 5.63. The monoisotopic (exact) mass is 354 g/mol. The summed E-state index contributed by atoms with van der Waals surface area (Å²) >= 11 is 0. The number of carbonyl (C=O) groups excluding carboxylic acids is 1. The summed E-state index contributed by atoms with van der Waals surface area (Å²) in [7, 11) is 0. The van der Waals surface area contributed by atoms with Crippen LogP contribution < -0.4 is 4.89 Å². The van der Waals surface area contributed by atoms with Crippen molar-refractivity contribution in [2.24, 2.45) is 0 Å². The Morgan fingerprint density at radius 1 is 1.15 bits per heavy atom. The van der Waals surface area contributed by atoms with E-state index in [-0.39, 0.29) is 22.3 Å². The Morgan fingerprint density at radius 3 is 2.58 bits per heavy atom. The minimum Gasteiger partial charge on any atom is -0.374 e. The third-order valence-corrected chi connectivity index (χ3v) is 3.85. The van der Waals surface area contributed by atoms with E-state index in [1.54, 1.807) is 36.4 Å². The molecule has 1 unspecified atom stereocenters. The fourth-order valence-electron chi connectivity index (χ4n) is 2.40. The van der Waals surface area contributed by atoms with Gasteiger partial charge >= 0.3 is 5.97 Å². The number of aromatic nitrogens is 1. The number of benzene rings is 2. The number of fused-ring (bicyclic) bond motifs is 1. The molecule has 8 nitrogen and oxygen atoms in total. The SMILES string of the molecule is CC(O)(C(=O)OOc1ccc([N+](=O)[O-])c2cccnc12)c1ccccc1. The van der Waals surface area contributed by atoms with Crippen LogP contribution in [0.15, 0.2) is 60.8 Å². The van der Waals surface area contributed by atoms with Crippen molar-refractivity contribution in [3.8, 4) is 5.75 Å². The van der Waals surface area contributed by atoms with Gasteiger partial charge in [0.2, 0.25) is 5.75 Å². The van der Waals surface area contributed by atoms with E-state index in [1.807, 2.05) is 0 Å². The molecule has 1 aromatic heterocycles. The lowest BCUT2D eigenvalue weighted by atomic mass is 9.97. The lowest BCUT2D eigenvalue weighted by Gasteiger charge is -2.20. The molecule has 1 atom stereocenters. The number of aliphatic hydroxyl groups is 1. The van der Waals surface area contributed by atoms with Crippen molar-refractivity contribution >= 4 is 22.6 Å². The van der Waals surface area contributed by atoms with Crippen molar-refractivity contribution in [3.05, 3.63) is 76.5 Å². The summed E-state index contributed by atoms with van der Waals surface area (Å²) < 4.78 is 0. The van der Waals surface area contributed by atoms with E-state index < -0.39 is 16.5 Å². The molecule has 0 aliphatic rings. The maximum absolute atomic E-state index is 12.2. The molecule has 1 N–H and O–H groups in total. The molecule has 0 aliphatic heterocycles. The van der Waals surface area contributed by atoms with Crippen LogP contribution in [0.25, 0.3) is 10.9 Å². The van der Waals surface area contributed by atoms with Gasteiger partial charge < -0.3 is 5.11 Å². The Bertz CT molecular complexity index is 972. The van der Waals surface area contributed by atoms with Crippen LogP contribution in [0.4, 0.5) is 5.69 Å². The third kappa shape index (κ3) is 3.17. The largest absolute Gasteiger partial charge is 0.390 e. The fraction of sp³-hybridized carbons (Fsp3) is 0.111. The van der Waals surface area contributed by atoms with E-state index in [9.17, 15) is 20.0 Å². The van der Waals surface area contributed by atoms with E-state index in [1.165, 1.54) is 31.3 Å². The van der Waals surface area contributed by atoms with Crippen molar-refractivity contribution in [2.45, 2.75) is 12.5 Å². The van der Waals surface area contributed by atoms with Crippen LogP contribution in [0, 0.1) is 10.1 Å². The highest BCUT2D eigenvalue weighted by molar-refractivity contribution is 5.92.